The van der Waals surface area contributed by atoms with Crippen molar-refractivity contribution in [2.75, 3.05) is 18.1 Å². The molecule has 2 aromatic rings. The van der Waals surface area contributed by atoms with Gasteiger partial charge >= 0.3 is 0 Å². The van der Waals surface area contributed by atoms with E-state index in [0.29, 0.717) is 6.61 Å². The Labute approximate surface area is 149 Å². The Kier molecular flexibility index (Phi) is 4.00. The number of hydrogen-bond donors (Lipinski definition) is 1. The molecule has 2 aliphatic rings. The number of ether oxygens (including phenoxy) is 1. The highest BCUT2D eigenvalue weighted by atomic mass is 16.5. The molecule has 0 spiro atoms. The van der Waals surface area contributed by atoms with Crippen LogP contribution >= 0.6 is 0 Å². The fourth-order valence-corrected chi connectivity index (χ4v) is 4.23. The lowest BCUT2D eigenvalue weighted by molar-refractivity contribution is -0.658. The third-order valence-electron chi connectivity index (χ3n) is 5.38. The van der Waals surface area contributed by atoms with Gasteiger partial charge in [0, 0.05) is 5.56 Å². The summed E-state index contributed by atoms with van der Waals surface area (Å²) in [5.41, 5.74) is 1.03. The standard InChI is InChI=1S/C21H25N2O2/c1-3-25-19-13-11-17(12-14-19)21(24)16(2)23(18-8-5-4-6-9-18)20-10-7-15-22(20)21/h4-6,8-9,11-14,16,24H,3,7,10,15H2,1-2H3/q+1. The molecule has 25 heavy (non-hydrogen) atoms. The Bertz CT molecular complexity index is 785. The lowest BCUT2D eigenvalue weighted by Crippen LogP contribution is -2.48. The molecular weight excluding hydrogens is 312 g/mol. The molecule has 2 unspecified atom stereocenters. The van der Waals surface area contributed by atoms with E-state index in [0.717, 1.165) is 36.4 Å². The maximum Gasteiger partial charge on any atom is 0.273 e. The Morgan fingerprint density at radius 3 is 2.56 bits per heavy atom. The van der Waals surface area contributed by atoms with Crippen LogP contribution in [0.1, 0.15) is 32.3 Å². The molecule has 2 aromatic carbocycles. The van der Waals surface area contributed by atoms with Crippen molar-refractivity contribution in [2.45, 2.75) is 38.5 Å². The zero-order valence-electron chi connectivity index (χ0n) is 14.9. The Balaban J connectivity index is 1.76. The van der Waals surface area contributed by atoms with Gasteiger partial charge in [-0.1, -0.05) is 18.2 Å². The van der Waals surface area contributed by atoms with Gasteiger partial charge in [-0.15, -0.1) is 0 Å². The maximum atomic E-state index is 11.8. The molecule has 4 nitrogen and oxygen atoms in total. The summed E-state index contributed by atoms with van der Waals surface area (Å²) in [6.45, 7) is 5.61. The van der Waals surface area contributed by atoms with Gasteiger partial charge in [-0.3, -0.25) is 0 Å². The second-order valence-electron chi connectivity index (χ2n) is 6.74. The summed E-state index contributed by atoms with van der Waals surface area (Å²) in [7, 11) is 0. The topological polar surface area (TPSA) is 35.7 Å². The monoisotopic (exact) mass is 337 g/mol. The van der Waals surface area contributed by atoms with Crippen molar-refractivity contribution in [3.63, 3.8) is 0 Å². The molecule has 2 atom stereocenters. The lowest BCUT2D eigenvalue weighted by Gasteiger charge is -2.29. The third-order valence-corrected chi connectivity index (χ3v) is 5.38. The summed E-state index contributed by atoms with van der Waals surface area (Å²) >= 11 is 0. The minimum Gasteiger partial charge on any atom is -0.494 e. The number of benzene rings is 2. The van der Waals surface area contributed by atoms with E-state index in [1.54, 1.807) is 0 Å². The van der Waals surface area contributed by atoms with Crippen molar-refractivity contribution in [1.82, 2.24) is 0 Å². The molecule has 0 aliphatic carbocycles. The van der Waals surface area contributed by atoms with E-state index >= 15 is 0 Å². The predicted octanol–water partition coefficient (Wildman–Crippen LogP) is 3.34. The highest BCUT2D eigenvalue weighted by molar-refractivity contribution is 5.97. The van der Waals surface area contributed by atoms with Crippen molar-refractivity contribution >= 4 is 11.5 Å². The molecule has 1 N–H and O–H groups in total. The molecular formula is C21H25N2O2+. The van der Waals surface area contributed by atoms with E-state index in [1.807, 2.05) is 37.3 Å². The molecule has 0 radical (unpaired) electrons. The molecule has 0 fully saturated rings. The Hall–Kier alpha value is -2.33. The fourth-order valence-electron chi connectivity index (χ4n) is 4.23. The molecule has 0 saturated carbocycles. The zero-order valence-corrected chi connectivity index (χ0v) is 14.9. The van der Waals surface area contributed by atoms with Crippen LogP contribution in [0.15, 0.2) is 54.6 Å². The van der Waals surface area contributed by atoms with Crippen molar-refractivity contribution in [3.05, 3.63) is 60.2 Å². The van der Waals surface area contributed by atoms with Crippen LogP contribution in [0.4, 0.5) is 5.69 Å². The van der Waals surface area contributed by atoms with Gasteiger partial charge in [-0.25, -0.2) is 9.48 Å². The predicted molar refractivity (Wildman–Crippen MR) is 99.3 cm³/mol. The molecule has 0 amide bonds. The van der Waals surface area contributed by atoms with Crippen LogP contribution in [0.3, 0.4) is 0 Å². The van der Waals surface area contributed by atoms with Crippen molar-refractivity contribution in [2.24, 2.45) is 0 Å². The highest BCUT2D eigenvalue weighted by Crippen LogP contribution is 2.41. The normalized spacial score (nSPS) is 25.4. The quantitative estimate of drug-likeness (QED) is 0.869. The van der Waals surface area contributed by atoms with E-state index in [9.17, 15) is 5.11 Å². The van der Waals surface area contributed by atoms with Gasteiger partial charge in [0.1, 0.15) is 11.4 Å². The van der Waals surface area contributed by atoms with E-state index < -0.39 is 5.72 Å². The van der Waals surface area contributed by atoms with Gasteiger partial charge < -0.3 is 9.84 Å². The molecule has 4 heteroatoms. The van der Waals surface area contributed by atoms with E-state index in [1.165, 1.54) is 5.84 Å². The number of amidine groups is 1. The van der Waals surface area contributed by atoms with Gasteiger partial charge in [-0.2, -0.15) is 0 Å². The first-order valence-electron chi connectivity index (χ1n) is 9.09. The van der Waals surface area contributed by atoms with Crippen LogP contribution in [0.25, 0.3) is 0 Å². The first kappa shape index (κ1) is 16.2. The van der Waals surface area contributed by atoms with Crippen LogP contribution in [-0.4, -0.2) is 34.7 Å². The van der Waals surface area contributed by atoms with Gasteiger partial charge in [0.05, 0.1) is 19.6 Å². The first-order valence-corrected chi connectivity index (χ1v) is 9.09. The Morgan fingerprint density at radius 1 is 1.16 bits per heavy atom. The van der Waals surface area contributed by atoms with Crippen molar-refractivity contribution < 1.29 is 14.4 Å². The van der Waals surface area contributed by atoms with Crippen LogP contribution in [0, 0.1) is 0 Å². The van der Waals surface area contributed by atoms with Crippen LogP contribution in [0.2, 0.25) is 0 Å². The lowest BCUT2D eigenvalue weighted by atomic mass is 9.94. The average Bonchev–Trinajstić information content (AvgIpc) is 3.19. The third kappa shape index (κ3) is 2.44. The average molecular weight is 337 g/mol. The summed E-state index contributed by atoms with van der Waals surface area (Å²) in [6, 6.07) is 18.2. The SMILES string of the molecule is CCOc1ccc(C2(O)C(C)N(c3ccccc3)C3=[N+]2CCC3)cc1. The van der Waals surface area contributed by atoms with E-state index in [4.69, 9.17) is 4.74 Å². The number of para-hydroxylation sites is 1. The number of nitrogens with zero attached hydrogens (tertiary/aromatic N) is 2. The number of rotatable bonds is 4. The van der Waals surface area contributed by atoms with Crippen LogP contribution in [0.5, 0.6) is 5.75 Å². The Morgan fingerprint density at radius 2 is 1.88 bits per heavy atom. The molecule has 2 heterocycles. The zero-order chi connectivity index (χ0) is 17.4. The van der Waals surface area contributed by atoms with Crippen LogP contribution < -0.4 is 9.64 Å². The summed E-state index contributed by atoms with van der Waals surface area (Å²) in [4.78, 5) is 2.30. The number of hydrogen-bond acceptors (Lipinski definition) is 3. The molecule has 0 saturated heterocycles. The number of anilines is 1. The minimum absolute atomic E-state index is 0.0665. The largest absolute Gasteiger partial charge is 0.494 e. The minimum atomic E-state index is -1.02. The summed E-state index contributed by atoms with van der Waals surface area (Å²) in [5, 5.41) is 11.8. The van der Waals surface area contributed by atoms with Gasteiger partial charge in [-0.05, 0) is 56.7 Å². The smallest absolute Gasteiger partial charge is 0.273 e. The molecule has 0 aromatic heterocycles. The van der Waals surface area contributed by atoms with Crippen molar-refractivity contribution in [1.29, 1.82) is 0 Å². The fraction of sp³-hybridized carbons (Fsp3) is 0.381. The van der Waals surface area contributed by atoms with E-state index in [2.05, 4.69) is 40.7 Å². The van der Waals surface area contributed by atoms with Gasteiger partial charge in [0.25, 0.3) is 11.6 Å². The molecule has 130 valence electrons. The van der Waals surface area contributed by atoms with Crippen molar-refractivity contribution in [3.8, 4) is 5.75 Å². The summed E-state index contributed by atoms with van der Waals surface area (Å²) < 4.78 is 7.73. The van der Waals surface area contributed by atoms with Gasteiger partial charge in [0.15, 0.2) is 6.04 Å². The second-order valence-corrected chi connectivity index (χ2v) is 6.74. The van der Waals surface area contributed by atoms with Gasteiger partial charge in [0.2, 0.25) is 0 Å². The highest BCUT2D eigenvalue weighted by Gasteiger charge is 2.59. The van der Waals surface area contributed by atoms with E-state index in [-0.39, 0.29) is 6.04 Å². The van der Waals surface area contributed by atoms with Crippen LogP contribution in [-0.2, 0) is 5.72 Å². The maximum absolute atomic E-state index is 11.8. The summed E-state index contributed by atoms with van der Waals surface area (Å²) in [6.07, 6.45) is 2.07. The molecule has 2 aliphatic heterocycles. The molecule has 4 rings (SSSR count). The summed E-state index contributed by atoms with van der Waals surface area (Å²) in [5.74, 6) is 2.06. The second kappa shape index (κ2) is 6.19. The number of aliphatic hydroxyl groups is 1. The first-order chi connectivity index (χ1) is 12.2. The molecule has 0 bridgehead atoms.